The molecule has 9 heteroatoms. The second-order valence-electron chi connectivity index (χ2n) is 4.04. The summed E-state index contributed by atoms with van der Waals surface area (Å²) in [7, 11) is 2.87. The van der Waals surface area contributed by atoms with Crippen LogP contribution in [0.2, 0.25) is 0 Å². The average Bonchev–Trinajstić information content (AvgIpc) is 2.77. The Morgan fingerprint density at radius 2 is 2.00 bits per heavy atom. The fourth-order valence-electron chi connectivity index (χ4n) is 1.58. The molecule has 2 heterocycles. The molecule has 0 spiro atoms. The minimum Gasteiger partial charge on any atom is -0.480 e. The van der Waals surface area contributed by atoms with Gasteiger partial charge in [-0.15, -0.1) is 0 Å². The van der Waals surface area contributed by atoms with E-state index in [1.165, 1.54) is 25.6 Å². The summed E-state index contributed by atoms with van der Waals surface area (Å²) >= 11 is 0.977. The Kier molecular flexibility index (Phi) is 3.23. The standard InChI is InChI=1S/C10H12N4O4S/c1-4(8(16)17)19-9-11-5-6(12-9)13(2)10(18)14(3)7(5)15/h4H,1-3H3,(H,11,12)(H,16,17)/t4-/m0/s1. The fraction of sp³-hybridized carbons (Fsp3) is 0.400. The molecule has 2 rings (SSSR count). The normalized spacial score (nSPS) is 12.8. The number of rotatable bonds is 3. The van der Waals surface area contributed by atoms with Gasteiger partial charge < -0.3 is 10.1 Å². The molecular weight excluding hydrogens is 272 g/mol. The smallest absolute Gasteiger partial charge is 0.332 e. The van der Waals surface area contributed by atoms with Crippen molar-refractivity contribution >= 4 is 28.9 Å². The third kappa shape index (κ3) is 2.16. The fourth-order valence-corrected chi connectivity index (χ4v) is 2.31. The number of nitrogens with one attached hydrogen (secondary N) is 1. The van der Waals surface area contributed by atoms with E-state index >= 15 is 0 Å². The molecule has 0 unspecified atom stereocenters. The highest BCUT2D eigenvalue weighted by molar-refractivity contribution is 8.00. The van der Waals surface area contributed by atoms with E-state index in [1.807, 2.05) is 0 Å². The maximum absolute atomic E-state index is 11.9. The summed E-state index contributed by atoms with van der Waals surface area (Å²) < 4.78 is 2.21. The highest BCUT2D eigenvalue weighted by atomic mass is 32.2. The highest BCUT2D eigenvalue weighted by Gasteiger charge is 2.18. The van der Waals surface area contributed by atoms with Crippen molar-refractivity contribution in [1.82, 2.24) is 19.1 Å². The van der Waals surface area contributed by atoms with E-state index in [0.29, 0.717) is 5.16 Å². The Morgan fingerprint density at radius 1 is 1.37 bits per heavy atom. The molecule has 0 fully saturated rings. The summed E-state index contributed by atoms with van der Waals surface area (Å²) in [5.74, 6) is -0.979. The molecule has 0 aliphatic heterocycles. The van der Waals surface area contributed by atoms with Gasteiger partial charge in [0.1, 0.15) is 5.25 Å². The lowest BCUT2D eigenvalue weighted by Gasteiger charge is -2.01. The Bertz CT molecular complexity index is 772. The first-order valence-electron chi connectivity index (χ1n) is 5.38. The molecule has 0 aromatic carbocycles. The number of hydrogen-bond acceptors (Lipinski definition) is 5. The molecule has 0 amide bonds. The first-order chi connectivity index (χ1) is 8.82. The molecule has 0 aliphatic rings. The van der Waals surface area contributed by atoms with Crippen LogP contribution in [0.5, 0.6) is 0 Å². The number of thioether (sulfide) groups is 1. The van der Waals surface area contributed by atoms with Crippen molar-refractivity contribution in [2.45, 2.75) is 17.3 Å². The number of nitrogens with zero attached hydrogens (tertiary/aromatic N) is 3. The lowest BCUT2D eigenvalue weighted by molar-refractivity contribution is -0.136. The van der Waals surface area contributed by atoms with Crippen molar-refractivity contribution in [3.8, 4) is 0 Å². The van der Waals surface area contributed by atoms with E-state index in [1.54, 1.807) is 0 Å². The van der Waals surface area contributed by atoms with Crippen molar-refractivity contribution in [3.63, 3.8) is 0 Å². The molecule has 1 atom stereocenters. The van der Waals surface area contributed by atoms with Crippen LogP contribution in [0.15, 0.2) is 14.7 Å². The van der Waals surface area contributed by atoms with Crippen LogP contribution in [-0.2, 0) is 18.9 Å². The molecule has 0 saturated heterocycles. The van der Waals surface area contributed by atoms with Crippen LogP contribution in [0.4, 0.5) is 0 Å². The van der Waals surface area contributed by atoms with Crippen LogP contribution in [0.1, 0.15) is 6.92 Å². The van der Waals surface area contributed by atoms with Crippen LogP contribution in [-0.4, -0.2) is 35.4 Å². The molecule has 19 heavy (non-hydrogen) atoms. The Morgan fingerprint density at radius 3 is 2.58 bits per heavy atom. The minimum atomic E-state index is -0.979. The van der Waals surface area contributed by atoms with E-state index in [4.69, 9.17) is 5.11 Å². The zero-order valence-corrected chi connectivity index (χ0v) is 11.3. The summed E-state index contributed by atoms with van der Waals surface area (Å²) in [6, 6.07) is 0. The number of carbonyl (C=O) groups is 1. The topological polar surface area (TPSA) is 110 Å². The van der Waals surface area contributed by atoms with Crippen LogP contribution in [0.3, 0.4) is 0 Å². The van der Waals surface area contributed by atoms with Gasteiger partial charge in [0.05, 0.1) is 0 Å². The predicted octanol–water partition coefficient (Wildman–Crippen LogP) is -0.475. The van der Waals surface area contributed by atoms with Gasteiger partial charge in [0.25, 0.3) is 5.56 Å². The number of fused-ring (bicyclic) bond motifs is 1. The number of aryl methyl sites for hydroxylation is 1. The predicted molar refractivity (Wildman–Crippen MR) is 69.5 cm³/mol. The van der Waals surface area contributed by atoms with Gasteiger partial charge in [-0.1, -0.05) is 11.8 Å². The van der Waals surface area contributed by atoms with Gasteiger partial charge in [-0.3, -0.25) is 18.7 Å². The maximum Gasteiger partial charge on any atom is 0.332 e. The SMILES string of the molecule is C[C@H](Sc1nc2c([nH]1)c(=O)n(C)c(=O)n2C)C(=O)O. The third-order valence-electron chi connectivity index (χ3n) is 2.71. The quantitative estimate of drug-likeness (QED) is 0.737. The van der Waals surface area contributed by atoms with E-state index in [-0.39, 0.29) is 11.2 Å². The number of imidazole rings is 1. The summed E-state index contributed by atoms with van der Waals surface area (Å²) in [4.78, 5) is 41.2. The Labute approximate surface area is 111 Å². The molecule has 0 radical (unpaired) electrons. The van der Waals surface area contributed by atoms with Crippen LogP contribution < -0.4 is 11.2 Å². The lowest BCUT2D eigenvalue weighted by atomic mass is 10.5. The van der Waals surface area contributed by atoms with Gasteiger partial charge in [-0.2, -0.15) is 0 Å². The zero-order valence-electron chi connectivity index (χ0n) is 10.5. The molecule has 0 bridgehead atoms. The van der Waals surface area contributed by atoms with Gasteiger partial charge in [0.15, 0.2) is 16.3 Å². The second kappa shape index (κ2) is 4.57. The molecule has 102 valence electrons. The van der Waals surface area contributed by atoms with Gasteiger partial charge in [-0.25, -0.2) is 9.78 Å². The number of hydrogen-bond donors (Lipinski definition) is 2. The second-order valence-corrected chi connectivity index (χ2v) is 5.37. The number of carboxylic acid groups (broad SMARTS) is 1. The average molecular weight is 284 g/mol. The summed E-state index contributed by atoms with van der Waals surface area (Å²) in [5.41, 5.74) is -0.565. The lowest BCUT2D eigenvalue weighted by Crippen LogP contribution is -2.36. The number of carboxylic acids is 1. The van der Waals surface area contributed by atoms with Crippen molar-refractivity contribution in [3.05, 3.63) is 20.8 Å². The number of H-pyrrole nitrogens is 1. The number of aromatic nitrogens is 4. The van der Waals surface area contributed by atoms with E-state index < -0.39 is 22.5 Å². The molecule has 0 aliphatic carbocycles. The zero-order chi connectivity index (χ0) is 14.3. The Balaban J connectivity index is 2.62. The third-order valence-corrected chi connectivity index (χ3v) is 3.68. The van der Waals surface area contributed by atoms with E-state index in [2.05, 4.69) is 9.97 Å². The summed E-state index contributed by atoms with van der Waals surface area (Å²) in [6.45, 7) is 1.51. The Hall–Kier alpha value is -2.03. The van der Waals surface area contributed by atoms with Gasteiger partial charge in [-0.05, 0) is 6.92 Å². The van der Waals surface area contributed by atoms with Crippen LogP contribution in [0, 0.1) is 0 Å². The summed E-state index contributed by atoms with van der Waals surface area (Å²) in [5, 5.41) is 8.42. The minimum absolute atomic E-state index is 0.185. The molecule has 2 aromatic rings. The monoisotopic (exact) mass is 284 g/mol. The van der Waals surface area contributed by atoms with Crippen LogP contribution >= 0.6 is 11.8 Å². The van der Waals surface area contributed by atoms with Crippen molar-refractivity contribution in [1.29, 1.82) is 0 Å². The van der Waals surface area contributed by atoms with E-state index in [9.17, 15) is 14.4 Å². The molecule has 0 saturated carbocycles. The molecule has 2 aromatic heterocycles. The number of aromatic amines is 1. The molecular formula is C10H12N4O4S. The van der Waals surface area contributed by atoms with Gasteiger partial charge >= 0.3 is 11.7 Å². The summed E-state index contributed by atoms with van der Waals surface area (Å²) in [6.07, 6.45) is 0. The largest absolute Gasteiger partial charge is 0.480 e. The number of aliphatic carboxylic acids is 1. The van der Waals surface area contributed by atoms with E-state index in [0.717, 1.165) is 16.3 Å². The van der Waals surface area contributed by atoms with Crippen molar-refractivity contribution < 1.29 is 9.90 Å². The van der Waals surface area contributed by atoms with Crippen LogP contribution in [0.25, 0.3) is 11.2 Å². The van der Waals surface area contributed by atoms with Crippen molar-refractivity contribution in [2.75, 3.05) is 0 Å². The highest BCUT2D eigenvalue weighted by Crippen LogP contribution is 2.21. The van der Waals surface area contributed by atoms with Gasteiger partial charge in [0.2, 0.25) is 0 Å². The maximum atomic E-state index is 11.9. The van der Waals surface area contributed by atoms with Crippen molar-refractivity contribution in [2.24, 2.45) is 14.1 Å². The van der Waals surface area contributed by atoms with Gasteiger partial charge in [0, 0.05) is 14.1 Å². The molecule has 2 N–H and O–H groups in total. The first kappa shape index (κ1) is 13.4. The first-order valence-corrected chi connectivity index (χ1v) is 6.26. The molecule has 8 nitrogen and oxygen atoms in total.